The minimum Gasteiger partial charge on any atom is -0.396 e. The van der Waals surface area contributed by atoms with Gasteiger partial charge in [-0.05, 0) is 18.2 Å². The zero-order valence-corrected chi connectivity index (χ0v) is 11.8. The summed E-state index contributed by atoms with van der Waals surface area (Å²) in [6, 6.07) is 7.71. The predicted octanol–water partition coefficient (Wildman–Crippen LogP) is 2.04. The first kappa shape index (κ1) is 13.0. The number of halogens is 1. The van der Waals surface area contributed by atoms with Crippen molar-refractivity contribution in [2.45, 2.75) is 0 Å². The maximum Gasteiger partial charge on any atom is 0.151 e. The molecule has 0 aliphatic carbocycles. The van der Waals surface area contributed by atoms with Crippen molar-refractivity contribution in [3.63, 3.8) is 0 Å². The Hall–Kier alpha value is -2.01. The highest BCUT2D eigenvalue weighted by molar-refractivity contribution is 6.30. The van der Waals surface area contributed by atoms with E-state index in [1.54, 1.807) is 12.3 Å². The van der Waals surface area contributed by atoms with Crippen LogP contribution in [0.4, 0.5) is 17.3 Å². The summed E-state index contributed by atoms with van der Waals surface area (Å²) in [5.41, 5.74) is 6.61. The van der Waals surface area contributed by atoms with E-state index in [-0.39, 0.29) is 0 Å². The maximum atomic E-state index is 5.98. The zero-order chi connectivity index (χ0) is 13.9. The van der Waals surface area contributed by atoms with Gasteiger partial charge < -0.3 is 15.5 Å². The van der Waals surface area contributed by atoms with Gasteiger partial charge in [-0.1, -0.05) is 17.7 Å². The Kier molecular flexibility index (Phi) is 3.60. The highest BCUT2D eigenvalue weighted by atomic mass is 35.5. The SMILES string of the molecule is Nc1cc(Cl)cnc1N1CCN(c2ccccn2)CC1. The molecule has 104 valence electrons. The lowest BCUT2D eigenvalue weighted by atomic mass is 10.2. The number of aromatic nitrogens is 2. The van der Waals surface area contributed by atoms with Crippen LogP contribution in [0.5, 0.6) is 0 Å². The second-order valence-corrected chi connectivity index (χ2v) is 5.16. The minimum absolute atomic E-state index is 0.568. The molecule has 0 unspecified atom stereocenters. The molecular formula is C14H16ClN5. The average molecular weight is 290 g/mol. The van der Waals surface area contributed by atoms with Gasteiger partial charge in [-0.3, -0.25) is 0 Å². The highest BCUT2D eigenvalue weighted by Crippen LogP contribution is 2.25. The molecule has 0 amide bonds. The lowest BCUT2D eigenvalue weighted by Crippen LogP contribution is -2.47. The lowest BCUT2D eigenvalue weighted by molar-refractivity contribution is 0.642. The molecule has 1 aliphatic rings. The van der Waals surface area contributed by atoms with Crippen LogP contribution in [0.1, 0.15) is 0 Å². The van der Waals surface area contributed by atoms with E-state index in [2.05, 4.69) is 19.8 Å². The molecule has 0 aromatic carbocycles. The Balaban J connectivity index is 1.69. The van der Waals surface area contributed by atoms with E-state index < -0.39 is 0 Å². The molecule has 3 heterocycles. The number of hydrogen-bond acceptors (Lipinski definition) is 5. The molecule has 0 atom stereocenters. The van der Waals surface area contributed by atoms with E-state index >= 15 is 0 Å². The molecule has 0 radical (unpaired) electrons. The number of hydrogen-bond donors (Lipinski definition) is 1. The molecular weight excluding hydrogens is 274 g/mol. The van der Waals surface area contributed by atoms with E-state index in [0.29, 0.717) is 10.7 Å². The van der Waals surface area contributed by atoms with Crippen LogP contribution in [-0.2, 0) is 0 Å². The Bertz CT molecular complexity index is 581. The number of nitrogens with zero attached hydrogens (tertiary/aromatic N) is 4. The van der Waals surface area contributed by atoms with Crippen molar-refractivity contribution >= 4 is 28.9 Å². The molecule has 0 spiro atoms. The third-order valence-corrected chi connectivity index (χ3v) is 3.62. The summed E-state index contributed by atoms with van der Waals surface area (Å²) in [6.07, 6.45) is 3.46. The first-order valence-corrected chi connectivity index (χ1v) is 6.94. The van der Waals surface area contributed by atoms with Gasteiger partial charge in [0.25, 0.3) is 0 Å². The second kappa shape index (κ2) is 5.54. The Morgan fingerprint density at radius 2 is 1.80 bits per heavy atom. The van der Waals surface area contributed by atoms with Gasteiger partial charge in [0.1, 0.15) is 5.82 Å². The van der Waals surface area contributed by atoms with E-state index in [4.69, 9.17) is 17.3 Å². The van der Waals surface area contributed by atoms with Gasteiger partial charge in [-0.15, -0.1) is 0 Å². The number of nitrogens with two attached hydrogens (primary N) is 1. The summed E-state index contributed by atoms with van der Waals surface area (Å²) in [5, 5.41) is 0.568. The fourth-order valence-corrected chi connectivity index (χ4v) is 2.57. The third-order valence-electron chi connectivity index (χ3n) is 3.41. The smallest absolute Gasteiger partial charge is 0.151 e. The summed E-state index contributed by atoms with van der Waals surface area (Å²) in [4.78, 5) is 13.2. The van der Waals surface area contributed by atoms with Crippen molar-refractivity contribution in [2.75, 3.05) is 41.7 Å². The van der Waals surface area contributed by atoms with Gasteiger partial charge in [-0.25, -0.2) is 9.97 Å². The molecule has 3 rings (SSSR count). The van der Waals surface area contributed by atoms with Crippen LogP contribution in [0, 0.1) is 0 Å². The number of anilines is 3. The number of pyridine rings is 2. The molecule has 2 N–H and O–H groups in total. The molecule has 0 saturated carbocycles. The van der Waals surface area contributed by atoms with Crippen LogP contribution in [0.2, 0.25) is 5.02 Å². The first-order valence-electron chi connectivity index (χ1n) is 6.56. The van der Waals surface area contributed by atoms with Crippen LogP contribution >= 0.6 is 11.6 Å². The number of nitrogen functional groups attached to an aromatic ring is 1. The molecule has 6 heteroatoms. The fraction of sp³-hybridized carbons (Fsp3) is 0.286. The molecule has 0 bridgehead atoms. The topological polar surface area (TPSA) is 58.3 Å². The number of piperazine rings is 1. The Morgan fingerprint density at radius 3 is 2.45 bits per heavy atom. The molecule has 20 heavy (non-hydrogen) atoms. The average Bonchev–Trinajstić information content (AvgIpc) is 2.48. The highest BCUT2D eigenvalue weighted by Gasteiger charge is 2.20. The van der Waals surface area contributed by atoms with E-state index in [0.717, 1.165) is 37.8 Å². The van der Waals surface area contributed by atoms with Crippen molar-refractivity contribution in [1.29, 1.82) is 0 Å². The summed E-state index contributed by atoms with van der Waals surface area (Å²) in [7, 11) is 0. The monoisotopic (exact) mass is 289 g/mol. The van der Waals surface area contributed by atoms with Gasteiger partial charge in [-0.2, -0.15) is 0 Å². The minimum atomic E-state index is 0.568. The Labute approximate surface area is 123 Å². The fourth-order valence-electron chi connectivity index (χ4n) is 2.40. The van der Waals surface area contributed by atoms with Gasteiger partial charge in [0, 0.05) is 38.6 Å². The number of rotatable bonds is 2. The molecule has 1 aliphatic heterocycles. The summed E-state index contributed by atoms with van der Waals surface area (Å²) in [5.74, 6) is 1.83. The van der Waals surface area contributed by atoms with Crippen LogP contribution < -0.4 is 15.5 Å². The van der Waals surface area contributed by atoms with E-state index in [1.807, 2.05) is 24.4 Å². The van der Waals surface area contributed by atoms with Crippen LogP contribution in [0.3, 0.4) is 0 Å². The van der Waals surface area contributed by atoms with Crippen LogP contribution in [0.25, 0.3) is 0 Å². The second-order valence-electron chi connectivity index (χ2n) is 4.73. The third kappa shape index (κ3) is 2.63. The van der Waals surface area contributed by atoms with Crippen LogP contribution in [-0.4, -0.2) is 36.1 Å². The quantitative estimate of drug-likeness (QED) is 0.917. The summed E-state index contributed by atoms with van der Waals surface area (Å²) in [6.45, 7) is 3.55. The van der Waals surface area contributed by atoms with Crippen molar-refractivity contribution in [3.8, 4) is 0 Å². The molecule has 2 aromatic rings. The first-order chi connectivity index (χ1) is 9.74. The van der Waals surface area contributed by atoms with Crippen molar-refractivity contribution in [3.05, 3.63) is 41.7 Å². The van der Waals surface area contributed by atoms with Gasteiger partial charge in [0.2, 0.25) is 0 Å². The normalized spacial score (nSPS) is 15.4. The van der Waals surface area contributed by atoms with Crippen molar-refractivity contribution < 1.29 is 0 Å². The van der Waals surface area contributed by atoms with Gasteiger partial charge in [0.05, 0.1) is 10.7 Å². The zero-order valence-electron chi connectivity index (χ0n) is 11.0. The Morgan fingerprint density at radius 1 is 1.05 bits per heavy atom. The van der Waals surface area contributed by atoms with Gasteiger partial charge in [0.15, 0.2) is 5.82 Å². The summed E-state index contributed by atoms with van der Waals surface area (Å²) >= 11 is 5.88. The largest absolute Gasteiger partial charge is 0.396 e. The van der Waals surface area contributed by atoms with E-state index in [1.165, 1.54) is 0 Å². The molecule has 1 saturated heterocycles. The molecule has 5 nitrogen and oxygen atoms in total. The molecule has 2 aromatic heterocycles. The standard InChI is InChI=1S/C14H16ClN5/c15-11-9-12(16)14(18-10-11)20-7-5-19(6-8-20)13-3-1-2-4-17-13/h1-4,9-10H,5-8,16H2. The van der Waals surface area contributed by atoms with Gasteiger partial charge >= 0.3 is 0 Å². The summed E-state index contributed by atoms with van der Waals surface area (Å²) < 4.78 is 0. The van der Waals surface area contributed by atoms with Crippen molar-refractivity contribution in [2.24, 2.45) is 0 Å². The maximum absolute atomic E-state index is 5.98. The van der Waals surface area contributed by atoms with E-state index in [9.17, 15) is 0 Å². The lowest BCUT2D eigenvalue weighted by Gasteiger charge is -2.36. The van der Waals surface area contributed by atoms with Crippen LogP contribution in [0.15, 0.2) is 36.7 Å². The van der Waals surface area contributed by atoms with Crippen molar-refractivity contribution in [1.82, 2.24) is 9.97 Å². The molecule has 1 fully saturated rings. The predicted molar refractivity (Wildman–Crippen MR) is 82.3 cm³/mol.